The zero-order valence-electron chi connectivity index (χ0n) is 11.2. The first-order valence-corrected chi connectivity index (χ1v) is 7.05. The predicted octanol–water partition coefficient (Wildman–Crippen LogP) is 4.52. The monoisotopic (exact) mass is 312 g/mol. The summed E-state index contributed by atoms with van der Waals surface area (Å²) in [6.45, 7) is 6.43. The van der Waals surface area contributed by atoms with E-state index in [-0.39, 0.29) is 11.3 Å². The van der Waals surface area contributed by atoms with Crippen LogP contribution in [-0.2, 0) is 11.2 Å². The summed E-state index contributed by atoms with van der Waals surface area (Å²) in [6.07, 6.45) is 2.24. The van der Waals surface area contributed by atoms with Crippen molar-refractivity contribution in [1.82, 2.24) is 0 Å². The highest BCUT2D eigenvalue weighted by Crippen LogP contribution is 2.27. The molecule has 0 spiro atoms. The number of hydrogen-bond donors (Lipinski definition) is 1. The number of hydrogen-bond acceptors (Lipinski definition) is 1. The molecular weight excluding hydrogens is 292 g/mol. The Labute approximate surface area is 118 Å². The summed E-state index contributed by atoms with van der Waals surface area (Å²) >= 11 is 3.47. The number of rotatable bonds is 5. The van der Waals surface area contributed by atoms with Crippen LogP contribution in [0.25, 0.3) is 0 Å². The molecule has 1 aromatic rings. The van der Waals surface area contributed by atoms with Crippen LogP contribution in [0.5, 0.6) is 0 Å². The van der Waals surface area contributed by atoms with Gasteiger partial charge in [0.05, 0.1) is 5.92 Å². The first-order valence-electron chi connectivity index (χ1n) is 6.26. The van der Waals surface area contributed by atoms with E-state index >= 15 is 0 Å². The van der Waals surface area contributed by atoms with Gasteiger partial charge >= 0.3 is 5.97 Å². The van der Waals surface area contributed by atoms with Crippen molar-refractivity contribution < 1.29 is 9.90 Å². The van der Waals surface area contributed by atoms with E-state index in [0.29, 0.717) is 6.42 Å². The van der Waals surface area contributed by atoms with Crippen LogP contribution in [0.15, 0.2) is 28.7 Å². The van der Waals surface area contributed by atoms with Crippen molar-refractivity contribution in [3.05, 3.63) is 34.3 Å². The van der Waals surface area contributed by atoms with Crippen molar-refractivity contribution in [3.63, 3.8) is 0 Å². The van der Waals surface area contributed by atoms with E-state index in [2.05, 4.69) is 36.7 Å². The third-order valence-corrected chi connectivity index (χ3v) is 3.79. The Morgan fingerprint density at radius 2 is 1.94 bits per heavy atom. The van der Waals surface area contributed by atoms with Gasteiger partial charge in [-0.1, -0.05) is 54.9 Å². The minimum Gasteiger partial charge on any atom is -0.481 e. The van der Waals surface area contributed by atoms with Gasteiger partial charge in [-0.05, 0) is 36.3 Å². The normalized spacial score (nSPS) is 13.3. The van der Waals surface area contributed by atoms with Crippen LogP contribution in [0.3, 0.4) is 0 Å². The van der Waals surface area contributed by atoms with Crippen molar-refractivity contribution >= 4 is 21.9 Å². The van der Waals surface area contributed by atoms with E-state index < -0.39 is 5.97 Å². The lowest BCUT2D eigenvalue weighted by molar-refractivity contribution is -0.142. The average Bonchev–Trinajstić information content (AvgIpc) is 2.24. The number of carboxylic acids is 1. The summed E-state index contributed by atoms with van der Waals surface area (Å²) in [7, 11) is 0. The fourth-order valence-corrected chi connectivity index (χ4v) is 2.30. The smallest absolute Gasteiger partial charge is 0.306 e. The Hall–Kier alpha value is -0.830. The highest BCUT2D eigenvalue weighted by atomic mass is 79.9. The lowest BCUT2D eigenvalue weighted by atomic mass is 9.85. The molecule has 2 nitrogen and oxygen atoms in total. The van der Waals surface area contributed by atoms with Crippen molar-refractivity contribution in [3.8, 4) is 0 Å². The molecule has 0 aromatic heterocycles. The fourth-order valence-electron chi connectivity index (χ4n) is 1.85. The van der Waals surface area contributed by atoms with Crippen LogP contribution in [0.2, 0.25) is 0 Å². The van der Waals surface area contributed by atoms with Crippen molar-refractivity contribution in [2.24, 2.45) is 11.3 Å². The second-order valence-electron chi connectivity index (χ2n) is 5.93. The van der Waals surface area contributed by atoms with E-state index in [4.69, 9.17) is 0 Å². The quantitative estimate of drug-likeness (QED) is 0.868. The Bertz CT molecular complexity index is 407. The number of halogens is 1. The minimum atomic E-state index is -0.699. The maximum absolute atomic E-state index is 11.3. The third kappa shape index (κ3) is 5.21. The van der Waals surface area contributed by atoms with Gasteiger partial charge in [0.2, 0.25) is 0 Å². The second kappa shape index (κ2) is 6.37. The van der Waals surface area contributed by atoms with E-state index in [9.17, 15) is 9.90 Å². The lowest BCUT2D eigenvalue weighted by Crippen LogP contribution is -2.19. The van der Waals surface area contributed by atoms with Crippen molar-refractivity contribution in [1.29, 1.82) is 0 Å². The number of benzene rings is 1. The standard InChI is InChI=1S/C15H21BrO2/c1-15(2,3)9-8-12(14(17)18)10-11-6-4-5-7-13(11)16/h4-7,12H,8-10H2,1-3H3,(H,17,18). The number of aliphatic carboxylic acids is 1. The molecule has 100 valence electrons. The van der Waals surface area contributed by atoms with Gasteiger partial charge in [0.25, 0.3) is 0 Å². The molecule has 1 atom stereocenters. The second-order valence-corrected chi connectivity index (χ2v) is 6.78. The number of carboxylic acid groups (broad SMARTS) is 1. The molecule has 0 aliphatic heterocycles. The molecular formula is C15H21BrO2. The maximum Gasteiger partial charge on any atom is 0.306 e. The highest BCUT2D eigenvalue weighted by molar-refractivity contribution is 9.10. The highest BCUT2D eigenvalue weighted by Gasteiger charge is 2.21. The maximum atomic E-state index is 11.3. The molecule has 0 amide bonds. The summed E-state index contributed by atoms with van der Waals surface area (Å²) in [4.78, 5) is 11.3. The van der Waals surface area contributed by atoms with Gasteiger partial charge < -0.3 is 5.11 Å². The first kappa shape index (κ1) is 15.2. The van der Waals surface area contributed by atoms with Gasteiger partial charge in [0.1, 0.15) is 0 Å². The summed E-state index contributed by atoms with van der Waals surface area (Å²) in [5.74, 6) is -1.00. The SMILES string of the molecule is CC(C)(C)CCC(Cc1ccccc1Br)C(=O)O. The molecule has 0 heterocycles. The van der Waals surface area contributed by atoms with Gasteiger partial charge in [0.15, 0.2) is 0 Å². The van der Waals surface area contributed by atoms with E-state index in [1.54, 1.807) is 0 Å². The van der Waals surface area contributed by atoms with Gasteiger partial charge in [-0.25, -0.2) is 0 Å². The average molecular weight is 313 g/mol. The Balaban J connectivity index is 2.70. The van der Waals surface area contributed by atoms with Crippen LogP contribution in [0, 0.1) is 11.3 Å². The third-order valence-electron chi connectivity index (χ3n) is 3.02. The molecule has 0 aliphatic carbocycles. The zero-order valence-corrected chi connectivity index (χ0v) is 12.8. The molecule has 0 saturated heterocycles. The lowest BCUT2D eigenvalue weighted by Gasteiger charge is -2.21. The summed E-state index contributed by atoms with van der Waals surface area (Å²) in [5.41, 5.74) is 1.25. The molecule has 0 saturated carbocycles. The van der Waals surface area contributed by atoms with Crippen LogP contribution in [-0.4, -0.2) is 11.1 Å². The number of carbonyl (C=O) groups is 1. The van der Waals surface area contributed by atoms with Crippen LogP contribution >= 0.6 is 15.9 Å². The Kier molecular flexibility index (Phi) is 5.39. The molecule has 0 radical (unpaired) electrons. The van der Waals surface area contributed by atoms with E-state index in [0.717, 1.165) is 22.9 Å². The molecule has 0 fully saturated rings. The van der Waals surface area contributed by atoms with Crippen LogP contribution in [0.4, 0.5) is 0 Å². The molecule has 1 aromatic carbocycles. The Morgan fingerprint density at radius 1 is 1.33 bits per heavy atom. The summed E-state index contributed by atoms with van der Waals surface area (Å²) < 4.78 is 0.993. The molecule has 1 unspecified atom stereocenters. The molecule has 18 heavy (non-hydrogen) atoms. The molecule has 0 bridgehead atoms. The Morgan fingerprint density at radius 3 is 2.44 bits per heavy atom. The molecule has 1 rings (SSSR count). The summed E-state index contributed by atoms with van der Waals surface area (Å²) in [6, 6.07) is 7.83. The first-order chi connectivity index (χ1) is 8.29. The zero-order chi connectivity index (χ0) is 13.8. The van der Waals surface area contributed by atoms with Crippen LogP contribution in [0.1, 0.15) is 39.2 Å². The van der Waals surface area contributed by atoms with E-state index in [1.165, 1.54) is 0 Å². The molecule has 0 aliphatic rings. The predicted molar refractivity (Wildman–Crippen MR) is 77.7 cm³/mol. The topological polar surface area (TPSA) is 37.3 Å². The van der Waals surface area contributed by atoms with Crippen LogP contribution < -0.4 is 0 Å². The minimum absolute atomic E-state index is 0.182. The van der Waals surface area contributed by atoms with Gasteiger partial charge in [-0.3, -0.25) is 4.79 Å². The van der Waals surface area contributed by atoms with Crippen molar-refractivity contribution in [2.45, 2.75) is 40.0 Å². The van der Waals surface area contributed by atoms with Gasteiger partial charge in [0, 0.05) is 4.47 Å². The molecule has 1 N–H and O–H groups in total. The summed E-state index contributed by atoms with van der Waals surface area (Å²) in [5, 5.41) is 9.31. The van der Waals surface area contributed by atoms with Crippen molar-refractivity contribution in [2.75, 3.05) is 0 Å². The largest absolute Gasteiger partial charge is 0.481 e. The van der Waals surface area contributed by atoms with Gasteiger partial charge in [-0.2, -0.15) is 0 Å². The fraction of sp³-hybridized carbons (Fsp3) is 0.533. The molecule has 3 heteroatoms. The van der Waals surface area contributed by atoms with Gasteiger partial charge in [-0.15, -0.1) is 0 Å². The van der Waals surface area contributed by atoms with E-state index in [1.807, 2.05) is 24.3 Å².